The number of ketones is 1. The SMILES string of the molecule is COc1cc([C@H]2C(=C(O)c3ccc(OCc4ccccc4)cc3C)C(=O)C(=O)N2CCN2CCOCC2)ccc1O. The van der Waals surface area contributed by atoms with Crippen molar-refractivity contribution in [2.75, 3.05) is 46.5 Å². The number of aliphatic hydroxyl groups is 1. The number of benzene rings is 3. The highest BCUT2D eigenvalue weighted by Gasteiger charge is 2.46. The number of phenolic OH excluding ortho intramolecular Hbond substituents is 1. The summed E-state index contributed by atoms with van der Waals surface area (Å²) >= 11 is 0. The standard InChI is InChI=1S/C32H34N2O7/c1-21-18-24(41-20-22-6-4-3-5-7-22)9-10-25(21)30(36)28-29(23-8-11-26(35)27(19-23)39-2)34(32(38)31(28)37)13-12-33-14-16-40-17-15-33/h3-11,18-19,29,35-36H,12-17,20H2,1-2H3/t29-/m0/s1. The van der Waals surface area contributed by atoms with Gasteiger partial charge in [0.05, 0.1) is 31.9 Å². The number of aromatic hydroxyl groups is 1. The lowest BCUT2D eigenvalue weighted by Crippen LogP contribution is -2.42. The minimum atomic E-state index is -0.862. The zero-order valence-electron chi connectivity index (χ0n) is 23.2. The van der Waals surface area contributed by atoms with Gasteiger partial charge in [0.1, 0.15) is 18.1 Å². The van der Waals surface area contributed by atoms with E-state index in [4.69, 9.17) is 14.2 Å². The summed E-state index contributed by atoms with van der Waals surface area (Å²) < 4.78 is 16.7. The number of Topliss-reactive ketones (excluding diaryl/α,β-unsaturated/α-hetero) is 1. The fourth-order valence-electron chi connectivity index (χ4n) is 5.27. The van der Waals surface area contributed by atoms with Crippen LogP contribution in [-0.4, -0.2) is 78.2 Å². The normalized spacial score (nSPS) is 19.0. The van der Waals surface area contributed by atoms with Gasteiger partial charge in [-0.15, -0.1) is 0 Å². The van der Waals surface area contributed by atoms with Crippen molar-refractivity contribution in [2.45, 2.75) is 19.6 Å². The van der Waals surface area contributed by atoms with Crippen molar-refractivity contribution >= 4 is 17.4 Å². The molecular formula is C32H34N2O7. The predicted molar refractivity (Wildman–Crippen MR) is 153 cm³/mol. The largest absolute Gasteiger partial charge is 0.507 e. The summed E-state index contributed by atoms with van der Waals surface area (Å²) in [7, 11) is 1.43. The fourth-order valence-corrected chi connectivity index (χ4v) is 5.27. The van der Waals surface area contributed by atoms with Crippen molar-refractivity contribution in [3.63, 3.8) is 0 Å². The highest BCUT2D eigenvalue weighted by molar-refractivity contribution is 6.46. The summed E-state index contributed by atoms with van der Waals surface area (Å²) in [5, 5.41) is 21.8. The first-order chi connectivity index (χ1) is 19.9. The molecule has 9 heteroatoms. The number of morpholine rings is 1. The molecule has 2 heterocycles. The minimum Gasteiger partial charge on any atom is -0.507 e. The van der Waals surface area contributed by atoms with E-state index in [1.54, 1.807) is 30.3 Å². The van der Waals surface area contributed by atoms with Gasteiger partial charge in [0, 0.05) is 31.7 Å². The first-order valence-corrected chi connectivity index (χ1v) is 13.6. The Hall–Kier alpha value is -4.34. The molecule has 1 atom stereocenters. The topological polar surface area (TPSA) is 109 Å². The number of amides is 1. The van der Waals surface area contributed by atoms with Crippen LogP contribution in [0, 0.1) is 6.92 Å². The number of nitrogens with zero attached hydrogens (tertiary/aromatic N) is 2. The molecular weight excluding hydrogens is 524 g/mol. The molecule has 0 aliphatic carbocycles. The summed E-state index contributed by atoms with van der Waals surface area (Å²) in [4.78, 5) is 30.5. The van der Waals surface area contributed by atoms with Gasteiger partial charge in [-0.2, -0.15) is 0 Å². The van der Waals surface area contributed by atoms with Gasteiger partial charge >= 0.3 is 0 Å². The first kappa shape index (κ1) is 28.2. The quantitative estimate of drug-likeness (QED) is 0.230. The van der Waals surface area contributed by atoms with Crippen molar-refractivity contribution in [3.8, 4) is 17.2 Å². The van der Waals surface area contributed by atoms with Crippen molar-refractivity contribution in [2.24, 2.45) is 0 Å². The van der Waals surface area contributed by atoms with E-state index in [1.165, 1.54) is 18.1 Å². The first-order valence-electron chi connectivity index (χ1n) is 13.6. The monoisotopic (exact) mass is 558 g/mol. The van der Waals surface area contributed by atoms with E-state index < -0.39 is 17.7 Å². The van der Waals surface area contributed by atoms with Crippen LogP contribution in [0.1, 0.15) is 28.3 Å². The molecule has 41 heavy (non-hydrogen) atoms. The van der Waals surface area contributed by atoms with Gasteiger partial charge in [0.25, 0.3) is 11.7 Å². The Bertz CT molecular complexity index is 1450. The maximum Gasteiger partial charge on any atom is 0.295 e. The predicted octanol–water partition coefficient (Wildman–Crippen LogP) is 4.04. The molecule has 9 nitrogen and oxygen atoms in total. The maximum atomic E-state index is 13.5. The lowest BCUT2D eigenvalue weighted by molar-refractivity contribution is -0.140. The Morgan fingerprint density at radius 3 is 2.46 bits per heavy atom. The maximum absolute atomic E-state index is 13.5. The van der Waals surface area contributed by atoms with Gasteiger partial charge in [0.2, 0.25) is 0 Å². The van der Waals surface area contributed by atoms with E-state index in [9.17, 15) is 19.8 Å². The molecule has 3 aromatic carbocycles. The van der Waals surface area contributed by atoms with Gasteiger partial charge in [0.15, 0.2) is 11.5 Å². The lowest BCUT2D eigenvalue weighted by atomic mass is 9.93. The van der Waals surface area contributed by atoms with E-state index in [-0.39, 0.29) is 29.4 Å². The van der Waals surface area contributed by atoms with E-state index >= 15 is 0 Å². The number of ether oxygens (including phenoxy) is 3. The number of aryl methyl sites for hydroxylation is 1. The summed E-state index contributed by atoms with van der Waals surface area (Å²) in [5.74, 6) is -0.946. The molecule has 0 bridgehead atoms. The second kappa shape index (κ2) is 12.4. The van der Waals surface area contributed by atoms with Crippen molar-refractivity contribution in [1.29, 1.82) is 0 Å². The molecule has 2 N–H and O–H groups in total. The van der Waals surface area contributed by atoms with Crippen molar-refractivity contribution < 1.29 is 34.0 Å². The van der Waals surface area contributed by atoms with Crippen LogP contribution in [0.2, 0.25) is 0 Å². The number of carbonyl (C=O) groups is 2. The fraction of sp³-hybridized carbons (Fsp3) is 0.312. The second-order valence-electron chi connectivity index (χ2n) is 10.1. The highest BCUT2D eigenvalue weighted by Crippen LogP contribution is 2.42. The number of methoxy groups -OCH3 is 1. The summed E-state index contributed by atoms with van der Waals surface area (Å²) in [6.45, 7) is 5.73. The minimum absolute atomic E-state index is 0.00854. The third kappa shape index (κ3) is 6.06. The molecule has 3 aromatic rings. The zero-order chi connectivity index (χ0) is 28.9. The van der Waals surface area contributed by atoms with Gasteiger partial charge < -0.3 is 29.3 Å². The van der Waals surface area contributed by atoms with Crippen molar-refractivity contribution in [1.82, 2.24) is 9.80 Å². The van der Waals surface area contributed by atoms with Gasteiger partial charge in [-0.1, -0.05) is 36.4 Å². The van der Waals surface area contributed by atoms with Crippen LogP contribution in [0.4, 0.5) is 0 Å². The highest BCUT2D eigenvalue weighted by atomic mass is 16.5. The number of likely N-dealkylation sites (tertiary alicyclic amines) is 1. The Kier molecular flexibility index (Phi) is 8.56. The molecule has 2 fully saturated rings. The Labute approximate surface area is 239 Å². The summed E-state index contributed by atoms with van der Waals surface area (Å²) in [5.41, 5.74) is 2.68. The van der Waals surface area contributed by atoms with E-state index in [2.05, 4.69) is 4.90 Å². The van der Waals surface area contributed by atoms with Gasteiger partial charge in [-0.25, -0.2) is 0 Å². The molecule has 0 aromatic heterocycles. The molecule has 1 amide bonds. The van der Waals surface area contributed by atoms with E-state index in [1.807, 2.05) is 37.3 Å². The third-order valence-corrected chi connectivity index (χ3v) is 7.52. The number of carbonyl (C=O) groups excluding carboxylic acids is 2. The van der Waals surface area contributed by atoms with Gasteiger partial charge in [-0.3, -0.25) is 14.5 Å². The molecule has 0 spiro atoms. The Morgan fingerprint density at radius 2 is 1.76 bits per heavy atom. The lowest BCUT2D eigenvalue weighted by Gasteiger charge is -2.31. The van der Waals surface area contributed by atoms with E-state index in [0.29, 0.717) is 48.8 Å². The molecule has 2 aliphatic heterocycles. The Morgan fingerprint density at radius 1 is 1.00 bits per heavy atom. The van der Waals surface area contributed by atoms with Crippen LogP contribution < -0.4 is 9.47 Å². The van der Waals surface area contributed by atoms with Crippen molar-refractivity contribution in [3.05, 3.63) is 94.6 Å². The molecule has 0 unspecified atom stereocenters. The number of hydrogen-bond donors (Lipinski definition) is 2. The number of aliphatic hydroxyl groups excluding tert-OH is 1. The second-order valence-corrected chi connectivity index (χ2v) is 10.1. The summed E-state index contributed by atoms with van der Waals surface area (Å²) in [6, 6.07) is 18.8. The van der Waals surface area contributed by atoms with E-state index in [0.717, 1.165) is 18.7 Å². The van der Waals surface area contributed by atoms with Crippen LogP contribution in [0.15, 0.2) is 72.3 Å². The van der Waals surface area contributed by atoms with Crippen LogP contribution >= 0.6 is 0 Å². The van der Waals surface area contributed by atoms with Crippen LogP contribution in [-0.2, 0) is 20.9 Å². The van der Waals surface area contributed by atoms with Crippen LogP contribution in [0.3, 0.4) is 0 Å². The third-order valence-electron chi connectivity index (χ3n) is 7.52. The van der Waals surface area contributed by atoms with Crippen LogP contribution in [0.5, 0.6) is 17.2 Å². The molecule has 214 valence electrons. The molecule has 2 saturated heterocycles. The molecule has 2 aliphatic rings. The smallest absolute Gasteiger partial charge is 0.295 e. The zero-order valence-corrected chi connectivity index (χ0v) is 23.2. The number of phenols is 1. The average molecular weight is 559 g/mol. The molecule has 0 saturated carbocycles. The average Bonchev–Trinajstić information content (AvgIpc) is 3.25. The van der Waals surface area contributed by atoms with Crippen LogP contribution in [0.25, 0.3) is 5.76 Å². The Balaban J connectivity index is 1.49. The number of rotatable bonds is 9. The number of hydrogen-bond acceptors (Lipinski definition) is 8. The van der Waals surface area contributed by atoms with Gasteiger partial charge in [-0.05, 0) is 53.9 Å². The summed E-state index contributed by atoms with van der Waals surface area (Å²) in [6.07, 6.45) is 0. The molecule has 5 rings (SSSR count). The molecule has 0 radical (unpaired) electrons.